The van der Waals surface area contributed by atoms with Gasteiger partial charge in [0.2, 0.25) is 0 Å². The van der Waals surface area contributed by atoms with Gasteiger partial charge in [-0.25, -0.2) is 0 Å². The Morgan fingerprint density at radius 1 is 1.14 bits per heavy atom. The molecule has 0 aromatic heterocycles. The molecule has 1 fully saturated rings. The Bertz CT molecular complexity index is 473. The Labute approximate surface area is 123 Å². The molecule has 0 N–H and O–H groups in total. The predicted molar refractivity (Wildman–Crippen MR) is 76.0 cm³/mol. The highest BCUT2D eigenvalue weighted by atomic mass is 19.4. The number of Topliss-reactive ketones (excluding diaryl/α,β-unsaturated/α-hetero) is 1. The van der Waals surface area contributed by atoms with E-state index in [1.165, 1.54) is 38.2 Å². The Balaban J connectivity index is 1.84. The molecule has 0 bridgehead atoms. The molecule has 0 aliphatic heterocycles. The van der Waals surface area contributed by atoms with Crippen molar-refractivity contribution in [3.05, 3.63) is 35.4 Å². The van der Waals surface area contributed by atoms with E-state index in [4.69, 9.17) is 0 Å². The van der Waals surface area contributed by atoms with Gasteiger partial charge in [0, 0.05) is 12.8 Å². The van der Waals surface area contributed by atoms with Crippen LogP contribution in [0.2, 0.25) is 0 Å². The van der Waals surface area contributed by atoms with Crippen molar-refractivity contribution in [2.45, 2.75) is 57.5 Å². The highest BCUT2D eigenvalue weighted by molar-refractivity contribution is 5.80. The van der Waals surface area contributed by atoms with E-state index < -0.39 is 11.7 Å². The zero-order valence-electron chi connectivity index (χ0n) is 12.1. The summed E-state index contributed by atoms with van der Waals surface area (Å²) in [4.78, 5) is 11.9. The Kier molecular flexibility index (Phi) is 5.43. The molecule has 1 nitrogen and oxygen atoms in total. The summed E-state index contributed by atoms with van der Waals surface area (Å²) in [5.41, 5.74) is -0.224. The Morgan fingerprint density at radius 3 is 2.52 bits per heavy atom. The maximum Gasteiger partial charge on any atom is 0.416 e. The molecule has 2 rings (SSSR count). The van der Waals surface area contributed by atoms with E-state index in [9.17, 15) is 18.0 Å². The Hall–Kier alpha value is -1.32. The number of hydrogen-bond donors (Lipinski definition) is 0. The lowest BCUT2D eigenvalue weighted by atomic mass is 9.85. The molecule has 1 aliphatic rings. The first-order valence-corrected chi connectivity index (χ1v) is 7.63. The number of rotatable bonds is 5. The van der Waals surface area contributed by atoms with E-state index in [1.54, 1.807) is 6.07 Å². The summed E-state index contributed by atoms with van der Waals surface area (Å²) >= 11 is 0. The third-order valence-corrected chi connectivity index (χ3v) is 4.21. The van der Waals surface area contributed by atoms with Crippen LogP contribution in [0.1, 0.15) is 56.1 Å². The van der Waals surface area contributed by atoms with Crippen LogP contribution in [0.5, 0.6) is 0 Å². The van der Waals surface area contributed by atoms with Crippen LogP contribution in [-0.4, -0.2) is 5.78 Å². The van der Waals surface area contributed by atoms with Crippen LogP contribution in [-0.2, 0) is 17.4 Å². The average Bonchev–Trinajstić information content (AvgIpc) is 2.46. The van der Waals surface area contributed by atoms with E-state index in [2.05, 4.69) is 0 Å². The highest BCUT2D eigenvalue weighted by Crippen LogP contribution is 2.30. The van der Waals surface area contributed by atoms with Gasteiger partial charge in [-0.1, -0.05) is 50.3 Å². The molecule has 21 heavy (non-hydrogen) atoms. The SMILES string of the molecule is O=C(CCC1CCCCC1)Cc1cccc(C(F)(F)F)c1. The standard InChI is InChI=1S/C17H21F3O/c18-17(19,20)15-8-4-7-14(11-15)12-16(21)10-9-13-5-2-1-3-6-13/h4,7-8,11,13H,1-3,5-6,9-10,12H2. The number of halogens is 3. The van der Waals surface area contributed by atoms with Gasteiger partial charge in [-0.3, -0.25) is 4.79 Å². The molecule has 1 aromatic rings. The molecule has 0 saturated heterocycles. The molecule has 116 valence electrons. The van der Waals surface area contributed by atoms with E-state index in [0.717, 1.165) is 18.6 Å². The first kappa shape index (κ1) is 16.1. The molecular formula is C17H21F3O. The lowest BCUT2D eigenvalue weighted by Crippen LogP contribution is -2.11. The number of alkyl halides is 3. The minimum atomic E-state index is -4.35. The van der Waals surface area contributed by atoms with Gasteiger partial charge in [-0.2, -0.15) is 13.2 Å². The van der Waals surface area contributed by atoms with E-state index >= 15 is 0 Å². The average molecular weight is 298 g/mol. The number of carbonyl (C=O) groups excluding carboxylic acids is 1. The summed E-state index contributed by atoms with van der Waals surface area (Å²) in [6.07, 6.45) is 3.29. The van der Waals surface area contributed by atoms with Gasteiger partial charge in [-0.15, -0.1) is 0 Å². The van der Waals surface area contributed by atoms with Gasteiger partial charge in [0.05, 0.1) is 5.56 Å². The number of hydrogen-bond acceptors (Lipinski definition) is 1. The van der Waals surface area contributed by atoms with Crippen LogP contribution in [0.25, 0.3) is 0 Å². The number of carbonyl (C=O) groups is 1. The van der Waals surface area contributed by atoms with Crippen molar-refractivity contribution in [2.24, 2.45) is 5.92 Å². The molecule has 0 spiro atoms. The van der Waals surface area contributed by atoms with E-state index in [0.29, 0.717) is 17.9 Å². The summed E-state index contributed by atoms with van der Waals surface area (Å²) in [5, 5.41) is 0. The Morgan fingerprint density at radius 2 is 1.86 bits per heavy atom. The molecule has 0 radical (unpaired) electrons. The molecule has 0 heterocycles. The van der Waals surface area contributed by atoms with Crippen LogP contribution >= 0.6 is 0 Å². The lowest BCUT2D eigenvalue weighted by molar-refractivity contribution is -0.137. The van der Waals surface area contributed by atoms with Gasteiger partial charge in [0.1, 0.15) is 5.78 Å². The monoisotopic (exact) mass is 298 g/mol. The molecule has 4 heteroatoms. The fourth-order valence-electron chi connectivity index (χ4n) is 3.01. The van der Waals surface area contributed by atoms with Gasteiger partial charge in [0.15, 0.2) is 0 Å². The quantitative estimate of drug-likeness (QED) is 0.732. The molecule has 0 amide bonds. The van der Waals surface area contributed by atoms with Crippen molar-refractivity contribution in [3.8, 4) is 0 Å². The summed E-state index contributed by atoms with van der Waals surface area (Å²) in [6, 6.07) is 5.08. The van der Waals surface area contributed by atoms with Gasteiger partial charge < -0.3 is 0 Å². The largest absolute Gasteiger partial charge is 0.416 e. The number of benzene rings is 1. The maximum absolute atomic E-state index is 12.6. The van der Waals surface area contributed by atoms with Gasteiger partial charge in [-0.05, 0) is 24.0 Å². The van der Waals surface area contributed by atoms with Crippen LogP contribution in [0.3, 0.4) is 0 Å². The zero-order valence-corrected chi connectivity index (χ0v) is 12.1. The van der Waals surface area contributed by atoms with Crippen molar-refractivity contribution in [1.29, 1.82) is 0 Å². The molecule has 0 atom stereocenters. The van der Waals surface area contributed by atoms with Crippen molar-refractivity contribution < 1.29 is 18.0 Å². The third kappa shape index (κ3) is 5.18. The van der Waals surface area contributed by atoms with Gasteiger partial charge in [0.25, 0.3) is 0 Å². The molecule has 1 saturated carbocycles. The summed E-state index contributed by atoms with van der Waals surface area (Å²) in [5.74, 6) is 0.670. The summed E-state index contributed by atoms with van der Waals surface area (Å²) in [6.45, 7) is 0. The molecular weight excluding hydrogens is 277 g/mol. The highest BCUT2D eigenvalue weighted by Gasteiger charge is 2.30. The first-order chi connectivity index (χ1) is 9.95. The zero-order chi connectivity index (χ0) is 15.3. The van der Waals surface area contributed by atoms with E-state index in [1.807, 2.05) is 0 Å². The molecule has 0 unspecified atom stereocenters. The summed E-state index contributed by atoms with van der Waals surface area (Å²) < 4.78 is 37.8. The minimum Gasteiger partial charge on any atom is -0.299 e. The fourth-order valence-corrected chi connectivity index (χ4v) is 3.01. The van der Waals surface area contributed by atoms with Crippen molar-refractivity contribution >= 4 is 5.78 Å². The smallest absolute Gasteiger partial charge is 0.299 e. The second-order valence-corrected chi connectivity index (χ2v) is 5.96. The third-order valence-electron chi connectivity index (χ3n) is 4.21. The van der Waals surface area contributed by atoms with Crippen LogP contribution in [0, 0.1) is 5.92 Å². The first-order valence-electron chi connectivity index (χ1n) is 7.63. The maximum atomic E-state index is 12.6. The lowest BCUT2D eigenvalue weighted by Gasteiger charge is -2.20. The normalized spacial score (nSPS) is 16.9. The second kappa shape index (κ2) is 7.10. The molecule has 1 aliphatic carbocycles. The van der Waals surface area contributed by atoms with E-state index in [-0.39, 0.29) is 12.2 Å². The van der Waals surface area contributed by atoms with Crippen molar-refractivity contribution in [1.82, 2.24) is 0 Å². The number of ketones is 1. The molecule has 1 aromatic carbocycles. The van der Waals surface area contributed by atoms with Crippen molar-refractivity contribution in [2.75, 3.05) is 0 Å². The van der Waals surface area contributed by atoms with Crippen LogP contribution < -0.4 is 0 Å². The van der Waals surface area contributed by atoms with Crippen molar-refractivity contribution in [3.63, 3.8) is 0 Å². The minimum absolute atomic E-state index is 0.0416. The van der Waals surface area contributed by atoms with Crippen LogP contribution in [0.15, 0.2) is 24.3 Å². The second-order valence-electron chi connectivity index (χ2n) is 5.96. The van der Waals surface area contributed by atoms with Gasteiger partial charge >= 0.3 is 6.18 Å². The topological polar surface area (TPSA) is 17.1 Å². The fraction of sp³-hybridized carbons (Fsp3) is 0.588. The predicted octanol–water partition coefficient (Wildman–Crippen LogP) is 5.18. The summed E-state index contributed by atoms with van der Waals surface area (Å²) in [7, 11) is 0. The van der Waals surface area contributed by atoms with Crippen LogP contribution in [0.4, 0.5) is 13.2 Å².